The largest absolute Gasteiger partial charge is 0.378 e. The van der Waals surface area contributed by atoms with E-state index >= 15 is 0 Å². The van der Waals surface area contributed by atoms with E-state index in [2.05, 4.69) is 27.0 Å². The van der Waals surface area contributed by atoms with Crippen LogP contribution in [0.25, 0.3) is 10.9 Å². The summed E-state index contributed by atoms with van der Waals surface area (Å²) in [5, 5.41) is 10.9. The van der Waals surface area contributed by atoms with Crippen molar-refractivity contribution in [1.29, 1.82) is 0 Å². The van der Waals surface area contributed by atoms with Crippen molar-refractivity contribution in [3.63, 3.8) is 0 Å². The second kappa shape index (κ2) is 5.00. The van der Waals surface area contributed by atoms with Crippen LogP contribution in [-0.2, 0) is 0 Å². The van der Waals surface area contributed by atoms with Crippen LogP contribution in [0, 0.1) is 0 Å². The quantitative estimate of drug-likeness (QED) is 0.876. The van der Waals surface area contributed by atoms with Crippen LogP contribution in [-0.4, -0.2) is 40.6 Å². The number of H-pyrrole nitrogens is 1. The second-order valence-electron chi connectivity index (χ2n) is 5.27. The summed E-state index contributed by atoms with van der Waals surface area (Å²) in [5.74, 6) is -0.121. The number of hydrogen-bond acceptors (Lipinski definition) is 3. The number of para-hydroxylation sites is 1. The Morgan fingerprint density at radius 2 is 2.30 bits per heavy atom. The molecule has 1 aliphatic rings. The number of carbonyl (C=O) groups excluding carboxylic acids is 1. The van der Waals surface area contributed by atoms with Gasteiger partial charge in [0.25, 0.3) is 5.91 Å². The highest BCUT2D eigenvalue weighted by Gasteiger charge is 2.23. The number of nitrogens with zero attached hydrogens (tertiary/aromatic N) is 2. The molecular weight excluding hydrogens is 252 g/mol. The van der Waals surface area contributed by atoms with Crippen LogP contribution in [0.15, 0.2) is 36.5 Å². The van der Waals surface area contributed by atoms with E-state index in [0.29, 0.717) is 5.69 Å². The molecule has 1 aromatic heterocycles. The summed E-state index contributed by atoms with van der Waals surface area (Å²) in [7, 11) is 2.03. The van der Waals surface area contributed by atoms with Crippen LogP contribution in [0.5, 0.6) is 0 Å². The highest BCUT2D eigenvalue weighted by atomic mass is 16.2. The molecule has 2 aromatic rings. The van der Waals surface area contributed by atoms with Gasteiger partial charge in [0.2, 0.25) is 0 Å². The number of hydrogen-bond donors (Lipinski definition) is 2. The molecule has 3 rings (SSSR count). The molecule has 1 aliphatic heterocycles. The summed E-state index contributed by atoms with van der Waals surface area (Å²) in [6.07, 6.45) is 1.73. The summed E-state index contributed by atoms with van der Waals surface area (Å²) in [4.78, 5) is 14.5. The van der Waals surface area contributed by atoms with Gasteiger partial charge in [0, 0.05) is 37.1 Å². The minimum atomic E-state index is -0.121. The molecule has 0 radical (unpaired) electrons. The lowest BCUT2D eigenvalue weighted by Crippen LogP contribution is -2.42. The first kappa shape index (κ1) is 12.7. The van der Waals surface area contributed by atoms with Gasteiger partial charge in [-0.05, 0) is 12.5 Å². The maximum absolute atomic E-state index is 12.3. The molecule has 1 aromatic carbocycles. The third-order valence-electron chi connectivity index (χ3n) is 3.86. The van der Waals surface area contributed by atoms with Crippen LogP contribution in [0.2, 0.25) is 0 Å². The van der Waals surface area contributed by atoms with Crippen LogP contribution in [0.3, 0.4) is 0 Å². The highest BCUT2D eigenvalue weighted by molar-refractivity contribution is 6.04. The molecule has 1 saturated heterocycles. The van der Waals surface area contributed by atoms with E-state index in [1.54, 1.807) is 0 Å². The Morgan fingerprint density at radius 3 is 3.10 bits per heavy atom. The smallest absolute Gasteiger partial charge is 0.272 e. The van der Waals surface area contributed by atoms with E-state index < -0.39 is 0 Å². The predicted molar refractivity (Wildman–Crippen MR) is 78.4 cm³/mol. The van der Waals surface area contributed by atoms with Crippen molar-refractivity contribution in [2.45, 2.75) is 18.9 Å². The normalized spacial score (nSPS) is 19.4. The molecule has 2 N–H and O–H groups in total. The van der Waals surface area contributed by atoms with Crippen molar-refractivity contribution in [2.24, 2.45) is 0 Å². The Balaban J connectivity index is 1.75. The van der Waals surface area contributed by atoms with Gasteiger partial charge in [-0.2, -0.15) is 5.10 Å². The molecule has 0 aliphatic carbocycles. The zero-order valence-electron chi connectivity index (χ0n) is 11.5. The van der Waals surface area contributed by atoms with Gasteiger partial charge in [-0.15, -0.1) is 0 Å². The standard InChI is InChI=1S/C15H18N4O/c1-10-9-11(7-8-19(10)2)16-15(20)14-12-5-3-4-6-13(12)17-18-14/h3-6,11H,1,7-9H2,2H3,(H,16,20)(H,17,18). The number of carbonyl (C=O) groups is 1. The van der Waals surface area contributed by atoms with Crippen molar-refractivity contribution in [3.8, 4) is 0 Å². The van der Waals surface area contributed by atoms with Gasteiger partial charge in [-0.25, -0.2) is 0 Å². The number of aromatic amines is 1. The molecular formula is C15H18N4O. The zero-order chi connectivity index (χ0) is 14.1. The third-order valence-corrected chi connectivity index (χ3v) is 3.86. The Hall–Kier alpha value is -2.30. The average Bonchev–Trinajstić information content (AvgIpc) is 2.87. The van der Waals surface area contributed by atoms with E-state index in [4.69, 9.17) is 0 Å². The maximum Gasteiger partial charge on any atom is 0.272 e. The van der Waals surface area contributed by atoms with Gasteiger partial charge in [-0.1, -0.05) is 24.8 Å². The first-order chi connectivity index (χ1) is 9.65. The van der Waals surface area contributed by atoms with Gasteiger partial charge in [0.1, 0.15) is 0 Å². The fourth-order valence-corrected chi connectivity index (χ4v) is 2.56. The van der Waals surface area contributed by atoms with Crippen molar-refractivity contribution in [3.05, 3.63) is 42.2 Å². The van der Waals surface area contributed by atoms with Crippen molar-refractivity contribution in [2.75, 3.05) is 13.6 Å². The summed E-state index contributed by atoms with van der Waals surface area (Å²) >= 11 is 0. The van der Waals surface area contributed by atoms with Gasteiger partial charge >= 0.3 is 0 Å². The number of likely N-dealkylation sites (tertiary alicyclic amines) is 1. The lowest BCUT2D eigenvalue weighted by Gasteiger charge is -2.32. The molecule has 1 unspecified atom stereocenters. The van der Waals surface area contributed by atoms with Crippen LogP contribution in [0.4, 0.5) is 0 Å². The molecule has 0 saturated carbocycles. The molecule has 1 atom stereocenters. The fourth-order valence-electron chi connectivity index (χ4n) is 2.56. The van der Waals surface area contributed by atoms with Crippen LogP contribution in [0.1, 0.15) is 23.3 Å². The minimum Gasteiger partial charge on any atom is -0.378 e. The minimum absolute atomic E-state index is 0.121. The summed E-state index contributed by atoms with van der Waals surface area (Å²) < 4.78 is 0. The summed E-state index contributed by atoms with van der Waals surface area (Å²) in [5.41, 5.74) is 2.41. The molecule has 0 spiro atoms. The molecule has 5 heteroatoms. The summed E-state index contributed by atoms with van der Waals surface area (Å²) in [6, 6.07) is 7.79. The topological polar surface area (TPSA) is 61.0 Å². The van der Waals surface area contributed by atoms with Gasteiger partial charge in [0.15, 0.2) is 5.69 Å². The average molecular weight is 270 g/mol. The van der Waals surface area contributed by atoms with Gasteiger partial charge in [-0.3, -0.25) is 9.89 Å². The lowest BCUT2D eigenvalue weighted by molar-refractivity contribution is 0.0922. The van der Waals surface area contributed by atoms with Crippen LogP contribution < -0.4 is 5.32 Å². The fraction of sp³-hybridized carbons (Fsp3) is 0.333. The number of amides is 1. The van der Waals surface area contributed by atoms with E-state index in [1.807, 2.05) is 31.3 Å². The van der Waals surface area contributed by atoms with E-state index in [0.717, 1.165) is 36.0 Å². The third kappa shape index (κ3) is 2.27. The number of piperidine rings is 1. The predicted octanol–water partition coefficient (Wildman–Crippen LogP) is 1.90. The molecule has 20 heavy (non-hydrogen) atoms. The number of aromatic nitrogens is 2. The zero-order valence-corrected chi connectivity index (χ0v) is 11.5. The van der Waals surface area contributed by atoms with Crippen LogP contribution >= 0.6 is 0 Å². The number of nitrogens with one attached hydrogen (secondary N) is 2. The maximum atomic E-state index is 12.3. The Bertz CT molecular complexity index is 661. The Kier molecular flexibility index (Phi) is 3.18. The van der Waals surface area contributed by atoms with E-state index in [-0.39, 0.29) is 11.9 Å². The van der Waals surface area contributed by atoms with Crippen molar-refractivity contribution in [1.82, 2.24) is 20.4 Å². The van der Waals surface area contributed by atoms with Crippen molar-refractivity contribution >= 4 is 16.8 Å². The molecule has 5 nitrogen and oxygen atoms in total. The number of benzene rings is 1. The van der Waals surface area contributed by atoms with Gasteiger partial charge in [0.05, 0.1) is 5.52 Å². The lowest BCUT2D eigenvalue weighted by atomic mass is 10.0. The first-order valence-corrected chi connectivity index (χ1v) is 6.78. The monoisotopic (exact) mass is 270 g/mol. The Labute approximate surface area is 117 Å². The number of rotatable bonds is 2. The van der Waals surface area contributed by atoms with Gasteiger partial charge < -0.3 is 10.2 Å². The summed E-state index contributed by atoms with van der Waals surface area (Å²) in [6.45, 7) is 4.94. The molecule has 2 heterocycles. The molecule has 1 fully saturated rings. The molecule has 1 amide bonds. The molecule has 104 valence electrons. The van der Waals surface area contributed by atoms with E-state index in [9.17, 15) is 4.79 Å². The second-order valence-corrected chi connectivity index (χ2v) is 5.27. The molecule has 0 bridgehead atoms. The van der Waals surface area contributed by atoms with E-state index in [1.165, 1.54) is 0 Å². The van der Waals surface area contributed by atoms with Crippen molar-refractivity contribution < 1.29 is 4.79 Å². The number of fused-ring (bicyclic) bond motifs is 1. The SMILES string of the molecule is C=C1CC(NC(=O)c2n[nH]c3ccccc23)CCN1C. The Morgan fingerprint density at radius 1 is 1.50 bits per heavy atom. The highest BCUT2D eigenvalue weighted by Crippen LogP contribution is 2.19. The first-order valence-electron chi connectivity index (χ1n) is 6.78.